The first-order chi connectivity index (χ1) is 20.3. The molecule has 3 heterocycles. The first-order valence-electron chi connectivity index (χ1n) is 15.4. The van der Waals surface area contributed by atoms with Crippen molar-refractivity contribution in [3.63, 3.8) is 0 Å². The lowest BCUT2D eigenvalue weighted by atomic mass is 9.40. The van der Waals surface area contributed by atoms with Crippen molar-refractivity contribution in [2.45, 2.75) is 104 Å². The van der Waals surface area contributed by atoms with Gasteiger partial charge in [0.05, 0.1) is 44.6 Å². The van der Waals surface area contributed by atoms with Crippen molar-refractivity contribution in [1.29, 1.82) is 0 Å². The molecule has 9 nitrogen and oxygen atoms in total. The van der Waals surface area contributed by atoms with Crippen LogP contribution in [0.1, 0.15) is 79.2 Å². The van der Waals surface area contributed by atoms with Gasteiger partial charge >= 0.3 is 17.9 Å². The number of hydrogen-bond donors (Lipinski definition) is 0. The van der Waals surface area contributed by atoms with Crippen LogP contribution in [0.15, 0.2) is 45.8 Å². The molecule has 0 amide bonds. The molecular formula is C34H44O9. The minimum atomic E-state index is -0.741. The number of fused-ring (bicyclic) bond motifs is 4. The van der Waals surface area contributed by atoms with E-state index in [4.69, 9.17) is 28.1 Å². The Morgan fingerprint density at radius 3 is 2.47 bits per heavy atom. The molecule has 9 heteroatoms. The first-order valence-corrected chi connectivity index (χ1v) is 15.4. The number of methoxy groups -OCH3 is 1. The largest absolute Gasteiger partial charge is 0.472 e. The molecule has 2 saturated heterocycles. The van der Waals surface area contributed by atoms with Crippen molar-refractivity contribution in [2.75, 3.05) is 13.7 Å². The highest BCUT2D eigenvalue weighted by atomic mass is 16.6. The maximum absolute atomic E-state index is 13.4. The SMILES string of the molecule is CC=C(C)C(=O)OC1CC(OC(C)=O)[C@@]2(C)COC3C4OC5CC(c6ccoc6)C(C)=C5[C@@]4(C)C(CC(=O)OC)[C@]1(C)C32. The molecule has 0 spiro atoms. The van der Waals surface area contributed by atoms with Crippen LogP contribution < -0.4 is 0 Å². The van der Waals surface area contributed by atoms with E-state index in [9.17, 15) is 14.4 Å². The number of allylic oxidation sites excluding steroid dienone is 2. The Morgan fingerprint density at radius 1 is 1.09 bits per heavy atom. The molecule has 0 N–H and O–H groups in total. The fourth-order valence-electron chi connectivity index (χ4n) is 10.0. The van der Waals surface area contributed by atoms with Gasteiger partial charge in [0.15, 0.2) is 0 Å². The number of ether oxygens (including phenoxy) is 5. The summed E-state index contributed by atoms with van der Waals surface area (Å²) in [6, 6.07) is 2.00. The van der Waals surface area contributed by atoms with Gasteiger partial charge in [0.25, 0.3) is 0 Å². The highest BCUT2D eigenvalue weighted by Crippen LogP contribution is 2.74. The van der Waals surface area contributed by atoms with E-state index in [1.54, 1.807) is 32.4 Å². The third-order valence-corrected chi connectivity index (χ3v) is 12.0. The van der Waals surface area contributed by atoms with Crippen molar-refractivity contribution in [3.05, 3.63) is 47.0 Å². The van der Waals surface area contributed by atoms with Gasteiger partial charge in [-0.3, -0.25) is 9.59 Å². The predicted octanol–water partition coefficient (Wildman–Crippen LogP) is 5.29. The van der Waals surface area contributed by atoms with Crippen LogP contribution in [0.4, 0.5) is 0 Å². The molecule has 5 aliphatic rings. The summed E-state index contributed by atoms with van der Waals surface area (Å²) in [7, 11) is 1.41. The normalized spacial score (nSPS) is 43.1. The van der Waals surface area contributed by atoms with Crippen molar-refractivity contribution in [3.8, 4) is 0 Å². The standard InChI is InChI=1S/C34H44O9/c1-9-17(2)31(37)43-25-14-24(41-19(4)35)32(5)16-40-28-29(32)33(25,6)23(13-26(36)38-8)34(7)27-18(3)21(20-10-11-39-15-20)12-22(27)42-30(28)34/h9-11,15,21-25,28-30H,12-14,16H2,1-8H3/t21?,22?,23?,24?,25?,28?,29?,30?,32-,33+,34-/m1/s1. The van der Waals surface area contributed by atoms with Crippen LogP contribution in [-0.4, -0.2) is 62.1 Å². The van der Waals surface area contributed by atoms with Gasteiger partial charge in [0.1, 0.15) is 12.2 Å². The van der Waals surface area contributed by atoms with Gasteiger partial charge in [-0.05, 0) is 50.3 Å². The summed E-state index contributed by atoms with van der Waals surface area (Å²) in [6.07, 6.45) is 4.39. The first kappa shape index (κ1) is 30.1. The Kier molecular flexibility index (Phi) is 7.24. The van der Waals surface area contributed by atoms with Gasteiger partial charge in [-0.25, -0.2) is 4.79 Å². The van der Waals surface area contributed by atoms with Crippen LogP contribution in [-0.2, 0) is 38.1 Å². The molecule has 4 fully saturated rings. The van der Waals surface area contributed by atoms with E-state index >= 15 is 0 Å². The Labute approximate surface area is 253 Å². The molecule has 2 saturated carbocycles. The summed E-state index contributed by atoms with van der Waals surface area (Å²) in [5, 5.41) is 0. The number of carbonyl (C=O) groups is 3. The van der Waals surface area contributed by atoms with Gasteiger partial charge in [-0.2, -0.15) is 0 Å². The van der Waals surface area contributed by atoms with Crippen LogP contribution in [0.2, 0.25) is 0 Å². The topological polar surface area (TPSA) is 111 Å². The summed E-state index contributed by atoms with van der Waals surface area (Å²) >= 11 is 0. The van der Waals surface area contributed by atoms with E-state index in [0.29, 0.717) is 18.6 Å². The number of carbonyl (C=O) groups excluding carboxylic acids is 3. The number of esters is 3. The van der Waals surface area contributed by atoms with E-state index in [1.807, 2.05) is 6.07 Å². The fourth-order valence-corrected chi connectivity index (χ4v) is 10.0. The van der Waals surface area contributed by atoms with Gasteiger partial charge in [0.2, 0.25) is 0 Å². The molecule has 0 radical (unpaired) electrons. The maximum atomic E-state index is 13.4. The minimum Gasteiger partial charge on any atom is -0.472 e. The van der Waals surface area contributed by atoms with Crippen LogP contribution in [0.5, 0.6) is 0 Å². The molecule has 1 aromatic rings. The summed E-state index contributed by atoms with van der Waals surface area (Å²) in [5.74, 6) is -1.54. The lowest BCUT2D eigenvalue weighted by Crippen LogP contribution is -2.71. The molecule has 6 rings (SSSR count). The lowest BCUT2D eigenvalue weighted by molar-refractivity contribution is -0.251. The maximum Gasteiger partial charge on any atom is 0.333 e. The Hall–Kier alpha value is -2.91. The molecule has 234 valence electrons. The second-order valence-electron chi connectivity index (χ2n) is 13.9. The molecule has 3 aliphatic carbocycles. The quantitative estimate of drug-likeness (QED) is 0.187. The van der Waals surface area contributed by atoms with E-state index < -0.39 is 40.4 Å². The molecule has 0 aromatic carbocycles. The van der Waals surface area contributed by atoms with Crippen LogP contribution in [0.3, 0.4) is 0 Å². The smallest absolute Gasteiger partial charge is 0.333 e. The van der Waals surface area contributed by atoms with Crippen LogP contribution in [0.25, 0.3) is 0 Å². The minimum absolute atomic E-state index is 0.122. The summed E-state index contributed by atoms with van der Waals surface area (Å²) in [5.41, 5.74) is 2.08. The fraction of sp³-hybridized carbons (Fsp3) is 0.676. The number of hydrogen-bond acceptors (Lipinski definition) is 9. The zero-order valence-electron chi connectivity index (χ0n) is 26.4. The zero-order valence-corrected chi connectivity index (χ0v) is 26.4. The van der Waals surface area contributed by atoms with Gasteiger partial charge in [-0.15, -0.1) is 0 Å². The van der Waals surface area contributed by atoms with E-state index in [1.165, 1.54) is 25.2 Å². The van der Waals surface area contributed by atoms with E-state index in [-0.39, 0.29) is 48.5 Å². The van der Waals surface area contributed by atoms with Crippen LogP contribution in [0, 0.1) is 28.1 Å². The highest BCUT2D eigenvalue weighted by Gasteiger charge is 2.78. The highest BCUT2D eigenvalue weighted by molar-refractivity contribution is 5.87. The molecule has 43 heavy (non-hydrogen) atoms. The Balaban J connectivity index is 1.55. The summed E-state index contributed by atoms with van der Waals surface area (Å²) < 4.78 is 36.8. The van der Waals surface area contributed by atoms with E-state index in [0.717, 1.165) is 12.0 Å². The molecule has 2 aliphatic heterocycles. The average molecular weight is 597 g/mol. The molecule has 1 aromatic heterocycles. The van der Waals surface area contributed by atoms with Crippen molar-refractivity contribution in [1.82, 2.24) is 0 Å². The molecule has 11 atom stereocenters. The molecule has 8 unspecified atom stereocenters. The third kappa shape index (κ3) is 4.13. The third-order valence-electron chi connectivity index (χ3n) is 12.0. The summed E-state index contributed by atoms with van der Waals surface area (Å²) in [4.78, 5) is 39.0. The summed E-state index contributed by atoms with van der Waals surface area (Å²) in [6.45, 7) is 13.9. The van der Waals surface area contributed by atoms with Crippen molar-refractivity contribution >= 4 is 17.9 Å². The van der Waals surface area contributed by atoms with Gasteiger partial charge in [-0.1, -0.05) is 32.4 Å². The van der Waals surface area contributed by atoms with E-state index in [2.05, 4.69) is 27.7 Å². The molecule has 0 bridgehead atoms. The van der Waals surface area contributed by atoms with Crippen LogP contribution >= 0.6 is 0 Å². The second kappa shape index (κ2) is 10.3. The lowest BCUT2D eigenvalue weighted by Gasteiger charge is -2.65. The Morgan fingerprint density at radius 2 is 1.84 bits per heavy atom. The zero-order chi connectivity index (χ0) is 31.1. The number of furan rings is 1. The second-order valence-corrected chi connectivity index (χ2v) is 13.9. The Bertz CT molecular complexity index is 1380. The average Bonchev–Trinajstić information content (AvgIpc) is 3.73. The van der Waals surface area contributed by atoms with Gasteiger partial charge in [0, 0.05) is 53.4 Å². The van der Waals surface area contributed by atoms with Gasteiger partial charge < -0.3 is 28.1 Å². The predicted molar refractivity (Wildman–Crippen MR) is 155 cm³/mol. The van der Waals surface area contributed by atoms with Crippen molar-refractivity contribution in [2.24, 2.45) is 28.1 Å². The molecular weight excluding hydrogens is 552 g/mol. The number of rotatable bonds is 6. The van der Waals surface area contributed by atoms with Crippen molar-refractivity contribution < 1.29 is 42.5 Å². The monoisotopic (exact) mass is 596 g/mol.